The quantitative estimate of drug-likeness (QED) is 0.385. The van der Waals surface area contributed by atoms with E-state index in [0.717, 1.165) is 0 Å². The number of hydrogen-bond acceptors (Lipinski definition) is 1. The van der Waals surface area contributed by atoms with Crippen molar-refractivity contribution in [3.8, 4) is 0 Å². The van der Waals surface area contributed by atoms with Crippen LogP contribution in [-0.4, -0.2) is 4.34 Å². The van der Waals surface area contributed by atoms with E-state index in [2.05, 4.69) is 16.6 Å². The summed E-state index contributed by atoms with van der Waals surface area (Å²) in [6.45, 7) is 0. The van der Waals surface area contributed by atoms with Crippen molar-refractivity contribution in [2.45, 2.75) is 0 Å². The van der Waals surface area contributed by atoms with Gasteiger partial charge in [-0.25, -0.2) is 0 Å². The molecule has 7 heavy (non-hydrogen) atoms. The molecule has 34 valence electrons. The van der Waals surface area contributed by atoms with Crippen LogP contribution in [0.2, 0.25) is 0 Å². The van der Waals surface area contributed by atoms with E-state index in [9.17, 15) is 0 Å². The van der Waals surface area contributed by atoms with E-state index in [-0.39, 0.29) is 0 Å². The van der Waals surface area contributed by atoms with Crippen molar-refractivity contribution in [1.29, 1.82) is 0 Å². The van der Waals surface area contributed by atoms with Crippen molar-refractivity contribution >= 4 is 28.7 Å². The minimum Gasteiger partial charge on any atom is -0.307 e. The Morgan fingerprint density at radius 1 is 1.71 bits per heavy atom. The van der Waals surface area contributed by atoms with E-state index in [1.54, 1.807) is 0 Å². The second-order valence-electron chi connectivity index (χ2n) is 1.95. The lowest BCUT2D eigenvalue weighted by molar-refractivity contribution is 1.42. The van der Waals surface area contributed by atoms with Gasteiger partial charge in [0, 0.05) is 11.5 Å². The zero-order valence-electron chi connectivity index (χ0n) is 3.46. The number of hydrogen-bond donors (Lipinski definition) is 0. The molecule has 0 aromatic carbocycles. The molecule has 3 heteroatoms. The zero-order valence-corrected chi connectivity index (χ0v) is 5.17. The summed E-state index contributed by atoms with van der Waals surface area (Å²) in [4.78, 5) is 0. The number of aromatic nitrogens is 1. The van der Waals surface area contributed by atoms with Crippen LogP contribution in [0, 0.1) is 0 Å². The lowest BCUT2D eigenvalue weighted by atomic mass is 10.7. The molecule has 1 aromatic heterocycles. The summed E-state index contributed by atoms with van der Waals surface area (Å²) in [5.41, 5.74) is 1.50. The monoisotopic (exact) mass is 127 g/mol. The fourth-order valence-electron chi connectivity index (χ4n) is 1.12. The summed E-state index contributed by atoms with van der Waals surface area (Å²) < 4.78 is 2.23. The predicted molar refractivity (Wildman–Crippen MR) is 33.4 cm³/mol. The van der Waals surface area contributed by atoms with Crippen molar-refractivity contribution < 1.29 is 0 Å². The third-order valence-electron chi connectivity index (χ3n) is 1.65. The van der Waals surface area contributed by atoms with Crippen molar-refractivity contribution in [3.05, 3.63) is 12.3 Å². The fraction of sp³-hybridized carbons (Fsp3) is 0. The van der Waals surface area contributed by atoms with Crippen LogP contribution in [0.1, 0.15) is 0 Å². The third-order valence-corrected chi connectivity index (χ3v) is 5.86. The van der Waals surface area contributed by atoms with Crippen LogP contribution in [0.25, 0.3) is 0 Å². The number of fused-ring (bicyclic) bond motifs is 1. The van der Waals surface area contributed by atoms with Gasteiger partial charge in [0.05, 0.1) is 5.44 Å². The lowest BCUT2D eigenvalue weighted by Gasteiger charge is -1.75. The van der Waals surface area contributed by atoms with E-state index >= 15 is 0 Å². The van der Waals surface area contributed by atoms with Crippen molar-refractivity contribution in [1.82, 2.24) is 4.34 Å². The maximum atomic E-state index is 5.22. The molecule has 1 nitrogen and oxygen atoms in total. The molecule has 1 unspecified atom stereocenters. The first-order valence-corrected chi connectivity index (χ1v) is 4.94. The molecule has 4 heterocycles. The average Bonchev–Trinajstić information content (AvgIpc) is 2.38. The first-order valence-electron chi connectivity index (χ1n) is 2.18. The molecule has 0 aliphatic carbocycles. The van der Waals surface area contributed by atoms with Crippen LogP contribution in [0.5, 0.6) is 0 Å². The zero-order chi connectivity index (χ0) is 4.65. The van der Waals surface area contributed by atoms with Crippen molar-refractivity contribution in [2.24, 2.45) is 0 Å². The lowest BCUT2D eigenvalue weighted by Crippen LogP contribution is -1.86. The Morgan fingerprint density at radius 2 is 2.43 bits per heavy atom. The highest BCUT2D eigenvalue weighted by atomic mass is 32.4. The van der Waals surface area contributed by atoms with Crippen molar-refractivity contribution in [3.63, 3.8) is 0 Å². The van der Waals surface area contributed by atoms with Crippen LogP contribution in [0.15, 0.2) is 12.3 Å². The van der Waals surface area contributed by atoms with Crippen LogP contribution in [0.3, 0.4) is 0 Å². The summed E-state index contributed by atoms with van der Waals surface area (Å²) in [6, 6.07) is 2.15. The number of nitrogens with zero attached hydrogens (tertiary/aromatic N) is 1. The molecule has 3 aliphatic rings. The molecule has 1 aromatic rings. The van der Waals surface area contributed by atoms with Crippen LogP contribution < -0.4 is 10.7 Å². The maximum Gasteiger partial charge on any atom is 0.116 e. The van der Waals surface area contributed by atoms with Crippen LogP contribution >= 0.6 is 6.19 Å². The van der Waals surface area contributed by atoms with E-state index in [0.29, 0.717) is 0 Å². The summed E-state index contributed by atoms with van der Waals surface area (Å²) in [6.07, 6.45) is 1.20. The highest BCUT2D eigenvalue weighted by Crippen LogP contribution is 2.70. The van der Waals surface area contributed by atoms with Gasteiger partial charge in [-0.3, -0.25) is 0 Å². The second kappa shape index (κ2) is 0.503. The molecule has 4 rings (SSSR count). The van der Waals surface area contributed by atoms with Gasteiger partial charge in [0.25, 0.3) is 0 Å². The Balaban J connectivity index is 2.90. The Morgan fingerprint density at radius 3 is 2.57 bits per heavy atom. The minimum absolute atomic E-state index is 0.904. The Bertz CT molecular complexity index is 272. The summed E-state index contributed by atoms with van der Waals surface area (Å²) in [7, 11) is 0. The smallest absolute Gasteiger partial charge is 0.116 e. The average molecular weight is 127 g/mol. The molecule has 0 amide bonds. The van der Waals surface area contributed by atoms with Gasteiger partial charge in [-0.2, -0.15) is 0 Å². The van der Waals surface area contributed by atoms with Crippen LogP contribution in [-0.2, 0) is 11.8 Å². The van der Waals surface area contributed by atoms with E-state index in [1.165, 1.54) is 10.7 Å². The normalized spacial score (nSPS) is 37.7. The molecule has 1 atom stereocenters. The fourth-order valence-corrected chi connectivity index (χ4v) is 5.06. The van der Waals surface area contributed by atoms with Gasteiger partial charge >= 0.3 is 0 Å². The first-order chi connectivity index (χ1) is 3.35. The van der Waals surface area contributed by atoms with Gasteiger partial charge in [-0.05, 0) is 6.07 Å². The largest absolute Gasteiger partial charge is 0.307 e. The van der Waals surface area contributed by atoms with Gasteiger partial charge in [0.1, 0.15) is 6.19 Å². The van der Waals surface area contributed by atoms with Crippen molar-refractivity contribution in [2.75, 3.05) is 0 Å². The molecule has 0 saturated heterocycles. The first kappa shape index (κ1) is 3.06. The Kier molecular flexibility index (Phi) is 0.220. The molecule has 0 radical (unpaired) electrons. The van der Waals surface area contributed by atoms with E-state index in [1.807, 2.05) is 0 Å². The molecular formula is C4H2NPS. The van der Waals surface area contributed by atoms with E-state index < -0.39 is 6.19 Å². The maximum absolute atomic E-state index is 5.22. The minimum atomic E-state index is -0.904. The van der Waals surface area contributed by atoms with Gasteiger partial charge in [0.2, 0.25) is 0 Å². The van der Waals surface area contributed by atoms with Gasteiger partial charge in [0.15, 0.2) is 0 Å². The number of rotatable bonds is 0. The summed E-state index contributed by atoms with van der Waals surface area (Å²) in [5.74, 6) is 0. The van der Waals surface area contributed by atoms with Gasteiger partial charge in [-0.1, -0.05) is 11.8 Å². The molecule has 0 fully saturated rings. The Labute approximate surface area is 46.0 Å². The third kappa shape index (κ3) is 0.126. The molecule has 0 saturated carbocycles. The predicted octanol–water partition coefficient (Wildman–Crippen LogP) is 0.00850. The summed E-state index contributed by atoms with van der Waals surface area (Å²) >= 11 is 5.22. The second-order valence-corrected chi connectivity index (χ2v) is 6.02. The molecule has 3 aliphatic heterocycles. The van der Waals surface area contributed by atoms with Crippen LogP contribution in [0.4, 0.5) is 0 Å². The molecule has 0 spiro atoms. The molecule has 0 N–H and O–H groups in total. The summed E-state index contributed by atoms with van der Waals surface area (Å²) in [5, 5.41) is 1.50. The topological polar surface area (TPSA) is 4.93 Å². The molecular weight excluding hydrogens is 125 g/mol. The SMILES string of the molecule is S=P12c3ccn1c32. The molecule has 2 bridgehead atoms. The van der Waals surface area contributed by atoms with E-state index in [4.69, 9.17) is 11.8 Å². The van der Waals surface area contributed by atoms with Gasteiger partial charge in [-0.15, -0.1) is 0 Å². The standard InChI is InChI=1S/C4H2NPS/c7-6-3-1-2-5(6)4(3)6/h1-2H. The highest BCUT2D eigenvalue weighted by Gasteiger charge is 2.61. The highest BCUT2D eigenvalue weighted by molar-refractivity contribution is 8.31. The van der Waals surface area contributed by atoms with Gasteiger partial charge < -0.3 is 4.34 Å². The Hall–Kier alpha value is -0.0700.